The lowest BCUT2D eigenvalue weighted by atomic mass is 10.2. The van der Waals surface area contributed by atoms with Gasteiger partial charge in [0.2, 0.25) is 0 Å². The van der Waals surface area contributed by atoms with Crippen LogP contribution >= 0.6 is 0 Å². The Morgan fingerprint density at radius 1 is 1.43 bits per heavy atom. The van der Waals surface area contributed by atoms with Crippen molar-refractivity contribution in [1.29, 1.82) is 0 Å². The molecule has 1 saturated heterocycles. The maximum atomic E-state index is 5.07. The number of nitrogens with one attached hydrogen (secondary N) is 1. The largest absolute Gasteiger partial charge is 0.383 e. The smallest absolute Gasteiger partial charge is 0.163 e. The molecule has 0 aliphatic carbocycles. The van der Waals surface area contributed by atoms with Crippen LogP contribution in [0, 0.1) is 0 Å². The highest BCUT2D eigenvalue weighted by Crippen LogP contribution is 2.28. The Morgan fingerprint density at radius 3 is 3.19 bits per heavy atom. The van der Waals surface area contributed by atoms with Crippen molar-refractivity contribution < 1.29 is 4.74 Å². The highest BCUT2D eigenvalue weighted by atomic mass is 16.5. The number of fused-ring (bicyclic) bond motifs is 1. The quantitative estimate of drug-likeness (QED) is 0.785. The summed E-state index contributed by atoms with van der Waals surface area (Å²) in [6.45, 7) is 3.62. The zero-order valence-corrected chi connectivity index (χ0v) is 12.6. The molecule has 1 fully saturated rings. The summed E-state index contributed by atoms with van der Waals surface area (Å²) in [5, 5.41) is 8.78. The molecule has 2 aromatic rings. The summed E-state index contributed by atoms with van der Waals surface area (Å²) in [7, 11) is 3.64. The molecule has 0 aromatic carbocycles. The summed E-state index contributed by atoms with van der Waals surface area (Å²) in [6.07, 6.45) is 5.87. The zero-order chi connectivity index (χ0) is 14.7. The molecule has 1 aliphatic heterocycles. The van der Waals surface area contributed by atoms with Gasteiger partial charge >= 0.3 is 0 Å². The number of aryl methyl sites for hydroxylation is 1. The fourth-order valence-corrected chi connectivity index (χ4v) is 2.95. The minimum atomic E-state index is 0.472. The molecule has 1 atom stereocenters. The van der Waals surface area contributed by atoms with Gasteiger partial charge in [-0.1, -0.05) is 0 Å². The molecule has 7 heteroatoms. The second-order valence-electron chi connectivity index (χ2n) is 5.39. The molecule has 21 heavy (non-hydrogen) atoms. The maximum absolute atomic E-state index is 5.07. The number of hydrogen-bond acceptors (Lipinski definition) is 6. The normalized spacial score (nSPS) is 18.8. The third-order valence-electron chi connectivity index (χ3n) is 4.02. The van der Waals surface area contributed by atoms with E-state index in [0.717, 1.165) is 43.1 Å². The fraction of sp³-hybridized carbons (Fsp3) is 0.643. The molecule has 0 radical (unpaired) electrons. The number of anilines is 1. The van der Waals surface area contributed by atoms with Crippen LogP contribution in [0.4, 0.5) is 5.82 Å². The molecule has 1 aliphatic rings. The Kier molecular flexibility index (Phi) is 4.31. The zero-order valence-electron chi connectivity index (χ0n) is 12.6. The van der Waals surface area contributed by atoms with Gasteiger partial charge < -0.3 is 15.0 Å². The molecule has 0 amide bonds. The molecule has 114 valence electrons. The van der Waals surface area contributed by atoms with Crippen molar-refractivity contribution in [2.75, 3.05) is 38.3 Å². The van der Waals surface area contributed by atoms with Crippen LogP contribution in [0.25, 0.3) is 11.0 Å². The Balaban J connectivity index is 1.77. The number of ether oxygens (including phenoxy) is 1. The molecular formula is C14H22N6O. The summed E-state index contributed by atoms with van der Waals surface area (Å²) < 4.78 is 6.86. The standard InChI is InChI=1S/C14H22N6O/c1-19-13-12(9-18-19)14(17-10-16-13)20-6-3-4-11(20)8-15-5-7-21-2/h9-11,15H,3-8H2,1-2H3. The van der Waals surface area contributed by atoms with Crippen LogP contribution in [0.1, 0.15) is 12.8 Å². The average molecular weight is 290 g/mol. The number of aromatic nitrogens is 4. The van der Waals surface area contributed by atoms with E-state index >= 15 is 0 Å². The molecule has 3 rings (SSSR count). The highest BCUT2D eigenvalue weighted by molar-refractivity contribution is 5.86. The lowest BCUT2D eigenvalue weighted by Gasteiger charge is -2.26. The van der Waals surface area contributed by atoms with E-state index in [1.807, 2.05) is 13.2 Å². The van der Waals surface area contributed by atoms with Gasteiger partial charge in [0.15, 0.2) is 5.65 Å². The minimum absolute atomic E-state index is 0.472. The van der Waals surface area contributed by atoms with Crippen LogP contribution < -0.4 is 10.2 Å². The molecule has 2 aromatic heterocycles. The molecular weight excluding hydrogens is 268 g/mol. The van der Waals surface area contributed by atoms with E-state index in [2.05, 4.69) is 25.3 Å². The Labute approximate surface area is 124 Å². The first-order chi connectivity index (χ1) is 10.3. The van der Waals surface area contributed by atoms with Gasteiger partial charge in [0.1, 0.15) is 12.1 Å². The summed E-state index contributed by atoms with van der Waals surface area (Å²) in [5.74, 6) is 1.00. The predicted octanol–water partition coefficient (Wildman–Crippen LogP) is 0.568. The molecule has 1 N–H and O–H groups in total. The summed E-state index contributed by atoms with van der Waals surface area (Å²) in [4.78, 5) is 11.2. The molecule has 3 heterocycles. The molecule has 0 spiro atoms. The van der Waals surface area contributed by atoms with E-state index in [1.165, 1.54) is 12.8 Å². The second-order valence-corrected chi connectivity index (χ2v) is 5.39. The average Bonchev–Trinajstić information content (AvgIpc) is 3.11. The molecule has 1 unspecified atom stereocenters. The third kappa shape index (κ3) is 2.84. The van der Waals surface area contributed by atoms with E-state index < -0.39 is 0 Å². The second kappa shape index (κ2) is 6.36. The van der Waals surface area contributed by atoms with Crippen molar-refractivity contribution >= 4 is 16.9 Å². The Hall–Kier alpha value is -1.73. The van der Waals surface area contributed by atoms with Crippen LogP contribution in [0.15, 0.2) is 12.5 Å². The molecule has 0 bridgehead atoms. The SMILES string of the molecule is COCCNCC1CCCN1c1ncnc2c1cnn2C. The Bertz CT molecular complexity index is 598. The van der Waals surface area contributed by atoms with Crippen LogP contribution in [0.2, 0.25) is 0 Å². The first-order valence-electron chi connectivity index (χ1n) is 7.40. The van der Waals surface area contributed by atoms with Gasteiger partial charge in [0, 0.05) is 39.8 Å². The topological polar surface area (TPSA) is 68.1 Å². The van der Waals surface area contributed by atoms with Crippen molar-refractivity contribution in [3.8, 4) is 0 Å². The third-order valence-corrected chi connectivity index (χ3v) is 4.02. The van der Waals surface area contributed by atoms with Crippen LogP contribution in [-0.2, 0) is 11.8 Å². The van der Waals surface area contributed by atoms with Crippen LogP contribution in [0.5, 0.6) is 0 Å². The molecule has 0 saturated carbocycles. The monoisotopic (exact) mass is 290 g/mol. The molecule has 7 nitrogen and oxygen atoms in total. The lowest BCUT2D eigenvalue weighted by Crippen LogP contribution is -2.39. The summed E-state index contributed by atoms with van der Waals surface area (Å²) in [6, 6.07) is 0.472. The van der Waals surface area contributed by atoms with E-state index in [9.17, 15) is 0 Å². The van der Waals surface area contributed by atoms with E-state index in [1.54, 1.807) is 18.1 Å². The van der Waals surface area contributed by atoms with Gasteiger partial charge in [-0.25, -0.2) is 9.97 Å². The number of nitrogens with zero attached hydrogens (tertiary/aromatic N) is 5. The summed E-state index contributed by atoms with van der Waals surface area (Å²) >= 11 is 0. The highest BCUT2D eigenvalue weighted by Gasteiger charge is 2.27. The number of hydrogen-bond donors (Lipinski definition) is 1. The van der Waals surface area contributed by atoms with E-state index in [4.69, 9.17) is 4.74 Å². The van der Waals surface area contributed by atoms with E-state index in [0.29, 0.717) is 6.04 Å². The van der Waals surface area contributed by atoms with Gasteiger partial charge in [0.05, 0.1) is 18.2 Å². The van der Waals surface area contributed by atoms with Gasteiger partial charge in [-0.3, -0.25) is 4.68 Å². The van der Waals surface area contributed by atoms with Gasteiger partial charge in [-0.2, -0.15) is 5.10 Å². The minimum Gasteiger partial charge on any atom is -0.383 e. The van der Waals surface area contributed by atoms with Crippen LogP contribution in [0.3, 0.4) is 0 Å². The first kappa shape index (κ1) is 14.2. The van der Waals surface area contributed by atoms with Gasteiger partial charge in [0.25, 0.3) is 0 Å². The van der Waals surface area contributed by atoms with Crippen molar-refractivity contribution in [2.45, 2.75) is 18.9 Å². The van der Waals surface area contributed by atoms with Crippen molar-refractivity contribution in [2.24, 2.45) is 7.05 Å². The first-order valence-corrected chi connectivity index (χ1v) is 7.40. The Morgan fingerprint density at radius 2 is 2.33 bits per heavy atom. The van der Waals surface area contributed by atoms with Gasteiger partial charge in [-0.15, -0.1) is 0 Å². The summed E-state index contributed by atoms with van der Waals surface area (Å²) in [5.41, 5.74) is 0.887. The predicted molar refractivity (Wildman–Crippen MR) is 81.4 cm³/mol. The number of methoxy groups -OCH3 is 1. The van der Waals surface area contributed by atoms with Gasteiger partial charge in [-0.05, 0) is 12.8 Å². The van der Waals surface area contributed by atoms with Crippen LogP contribution in [-0.4, -0.2) is 59.1 Å². The van der Waals surface area contributed by atoms with Crippen molar-refractivity contribution in [1.82, 2.24) is 25.1 Å². The maximum Gasteiger partial charge on any atom is 0.163 e. The number of rotatable bonds is 6. The fourth-order valence-electron chi connectivity index (χ4n) is 2.95. The van der Waals surface area contributed by atoms with Crippen molar-refractivity contribution in [3.63, 3.8) is 0 Å². The lowest BCUT2D eigenvalue weighted by molar-refractivity contribution is 0.199. The van der Waals surface area contributed by atoms with E-state index in [-0.39, 0.29) is 0 Å². The van der Waals surface area contributed by atoms with Crippen molar-refractivity contribution in [3.05, 3.63) is 12.5 Å².